The standard InChI is InChI=1S/C23H21NO3/c1-26-21-14-13-19(16-22(21)27-2)24-23(25)20(18-11-7-4-8-12-18)15-17-9-5-3-6-10-17/h3-16H,1-2H3,(H,24,25). The zero-order chi connectivity index (χ0) is 19.1. The molecule has 27 heavy (non-hydrogen) atoms. The molecule has 1 N–H and O–H groups in total. The first kappa shape index (κ1) is 18.3. The molecule has 0 aliphatic heterocycles. The summed E-state index contributed by atoms with van der Waals surface area (Å²) in [5.41, 5.74) is 3.02. The van der Waals surface area contributed by atoms with E-state index in [1.54, 1.807) is 32.4 Å². The van der Waals surface area contributed by atoms with Crippen molar-refractivity contribution in [1.82, 2.24) is 0 Å². The molecule has 0 aromatic heterocycles. The number of rotatable bonds is 6. The van der Waals surface area contributed by atoms with Crippen LogP contribution in [0.15, 0.2) is 78.9 Å². The van der Waals surface area contributed by atoms with Crippen LogP contribution in [0.3, 0.4) is 0 Å². The van der Waals surface area contributed by atoms with E-state index < -0.39 is 0 Å². The first-order valence-electron chi connectivity index (χ1n) is 8.57. The fourth-order valence-electron chi connectivity index (χ4n) is 2.73. The van der Waals surface area contributed by atoms with Gasteiger partial charge < -0.3 is 14.8 Å². The van der Waals surface area contributed by atoms with Crippen molar-refractivity contribution >= 4 is 23.2 Å². The van der Waals surface area contributed by atoms with Crippen LogP contribution in [0.5, 0.6) is 11.5 Å². The highest BCUT2D eigenvalue weighted by Gasteiger charge is 2.14. The van der Waals surface area contributed by atoms with Crippen molar-refractivity contribution in [2.75, 3.05) is 19.5 Å². The minimum atomic E-state index is -0.197. The summed E-state index contributed by atoms with van der Waals surface area (Å²) >= 11 is 0. The molecule has 4 nitrogen and oxygen atoms in total. The molecule has 0 radical (unpaired) electrons. The Morgan fingerprint density at radius 1 is 0.815 bits per heavy atom. The van der Waals surface area contributed by atoms with Gasteiger partial charge in [-0.1, -0.05) is 60.7 Å². The summed E-state index contributed by atoms with van der Waals surface area (Å²) < 4.78 is 10.6. The normalized spacial score (nSPS) is 11.0. The maximum Gasteiger partial charge on any atom is 0.256 e. The number of hydrogen-bond acceptors (Lipinski definition) is 3. The molecule has 0 aliphatic carbocycles. The van der Waals surface area contributed by atoms with Gasteiger partial charge in [0.2, 0.25) is 0 Å². The molecular weight excluding hydrogens is 338 g/mol. The summed E-state index contributed by atoms with van der Waals surface area (Å²) in [7, 11) is 3.14. The van der Waals surface area contributed by atoms with Crippen LogP contribution in [0, 0.1) is 0 Å². The third-order valence-corrected chi connectivity index (χ3v) is 4.08. The average Bonchev–Trinajstić information content (AvgIpc) is 2.73. The van der Waals surface area contributed by atoms with Gasteiger partial charge in [-0.25, -0.2) is 0 Å². The topological polar surface area (TPSA) is 47.6 Å². The van der Waals surface area contributed by atoms with Crippen molar-refractivity contribution < 1.29 is 14.3 Å². The lowest BCUT2D eigenvalue weighted by Crippen LogP contribution is -2.13. The smallest absolute Gasteiger partial charge is 0.256 e. The molecule has 0 aliphatic rings. The third-order valence-electron chi connectivity index (χ3n) is 4.08. The fourth-order valence-corrected chi connectivity index (χ4v) is 2.73. The lowest BCUT2D eigenvalue weighted by molar-refractivity contribution is -0.111. The van der Waals surface area contributed by atoms with Gasteiger partial charge in [-0.2, -0.15) is 0 Å². The van der Waals surface area contributed by atoms with Crippen LogP contribution >= 0.6 is 0 Å². The SMILES string of the molecule is COc1ccc(NC(=O)C(=Cc2ccccc2)c2ccccc2)cc1OC. The zero-order valence-electron chi connectivity index (χ0n) is 15.3. The number of ether oxygens (including phenoxy) is 2. The molecule has 4 heteroatoms. The molecule has 136 valence electrons. The van der Waals surface area contributed by atoms with Crippen LogP contribution in [0.25, 0.3) is 11.6 Å². The predicted molar refractivity (Wildman–Crippen MR) is 109 cm³/mol. The number of anilines is 1. The number of benzene rings is 3. The van der Waals surface area contributed by atoms with E-state index in [0.717, 1.165) is 11.1 Å². The predicted octanol–water partition coefficient (Wildman–Crippen LogP) is 4.88. The van der Waals surface area contributed by atoms with Crippen molar-refractivity contribution in [1.29, 1.82) is 0 Å². The molecule has 0 atom stereocenters. The van der Waals surface area contributed by atoms with Gasteiger partial charge in [0.1, 0.15) is 0 Å². The maximum absolute atomic E-state index is 13.0. The Balaban J connectivity index is 1.93. The van der Waals surface area contributed by atoms with E-state index in [-0.39, 0.29) is 5.91 Å². The second-order valence-corrected chi connectivity index (χ2v) is 5.86. The molecule has 0 saturated carbocycles. The third kappa shape index (κ3) is 4.55. The van der Waals surface area contributed by atoms with Gasteiger partial charge in [0, 0.05) is 17.3 Å². The Morgan fingerprint density at radius 3 is 2.07 bits per heavy atom. The van der Waals surface area contributed by atoms with Gasteiger partial charge in [-0.3, -0.25) is 4.79 Å². The highest BCUT2D eigenvalue weighted by molar-refractivity contribution is 6.29. The van der Waals surface area contributed by atoms with E-state index in [0.29, 0.717) is 22.8 Å². The Labute approximate surface area is 159 Å². The quantitative estimate of drug-likeness (QED) is 0.504. The molecule has 0 saturated heterocycles. The molecule has 0 unspecified atom stereocenters. The van der Waals surface area contributed by atoms with Crippen molar-refractivity contribution in [3.05, 3.63) is 90.0 Å². The van der Waals surface area contributed by atoms with Crippen LogP contribution in [0.4, 0.5) is 5.69 Å². The molecule has 0 heterocycles. The minimum absolute atomic E-state index is 0.197. The summed E-state index contributed by atoms with van der Waals surface area (Å²) in [4.78, 5) is 13.0. The van der Waals surface area contributed by atoms with Crippen LogP contribution in [-0.4, -0.2) is 20.1 Å². The van der Waals surface area contributed by atoms with Crippen LogP contribution < -0.4 is 14.8 Å². The van der Waals surface area contributed by atoms with E-state index in [1.807, 2.05) is 66.7 Å². The number of hydrogen-bond donors (Lipinski definition) is 1. The number of carbonyl (C=O) groups excluding carboxylic acids is 1. The highest BCUT2D eigenvalue weighted by atomic mass is 16.5. The summed E-state index contributed by atoms with van der Waals surface area (Å²) in [6.45, 7) is 0. The first-order valence-corrected chi connectivity index (χ1v) is 8.57. The molecule has 3 rings (SSSR count). The number of methoxy groups -OCH3 is 2. The average molecular weight is 359 g/mol. The minimum Gasteiger partial charge on any atom is -0.493 e. The highest BCUT2D eigenvalue weighted by Crippen LogP contribution is 2.30. The zero-order valence-corrected chi connectivity index (χ0v) is 15.3. The van der Waals surface area contributed by atoms with E-state index in [2.05, 4.69) is 5.32 Å². The number of carbonyl (C=O) groups is 1. The molecule has 3 aromatic carbocycles. The molecule has 0 bridgehead atoms. The molecule has 0 spiro atoms. The van der Waals surface area contributed by atoms with Gasteiger partial charge in [0.25, 0.3) is 5.91 Å². The summed E-state index contributed by atoms with van der Waals surface area (Å²) in [5.74, 6) is 0.972. The largest absolute Gasteiger partial charge is 0.493 e. The van der Waals surface area contributed by atoms with Crippen molar-refractivity contribution in [2.24, 2.45) is 0 Å². The Hall–Kier alpha value is -3.53. The monoisotopic (exact) mass is 359 g/mol. The van der Waals surface area contributed by atoms with Crippen LogP contribution in [0.1, 0.15) is 11.1 Å². The summed E-state index contributed by atoms with van der Waals surface area (Å²) in [5, 5.41) is 2.94. The number of amides is 1. The molecular formula is C23H21NO3. The van der Waals surface area contributed by atoms with Crippen LogP contribution in [0.2, 0.25) is 0 Å². The van der Waals surface area contributed by atoms with E-state index in [4.69, 9.17) is 9.47 Å². The van der Waals surface area contributed by atoms with Gasteiger partial charge in [0.15, 0.2) is 11.5 Å². The van der Waals surface area contributed by atoms with Gasteiger partial charge in [-0.05, 0) is 29.3 Å². The maximum atomic E-state index is 13.0. The van der Waals surface area contributed by atoms with Crippen LogP contribution in [-0.2, 0) is 4.79 Å². The Bertz CT molecular complexity index is 934. The van der Waals surface area contributed by atoms with Crippen molar-refractivity contribution in [2.45, 2.75) is 0 Å². The Kier molecular flexibility index (Phi) is 5.90. The molecule has 0 fully saturated rings. The van der Waals surface area contributed by atoms with Crippen molar-refractivity contribution in [3.63, 3.8) is 0 Å². The van der Waals surface area contributed by atoms with E-state index >= 15 is 0 Å². The molecule has 1 amide bonds. The lowest BCUT2D eigenvalue weighted by Gasteiger charge is -2.12. The second kappa shape index (κ2) is 8.72. The first-order chi connectivity index (χ1) is 13.2. The van der Waals surface area contributed by atoms with Gasteiger partial charge in [0.05, 0.1) is 14.2 Å². The summed E-state index contributed by atoms with van der Waals surface area (Å²) in [6, 6.07) is 24.6. The van der Waals surface area contributed by atoms with Crippen molar-refractivity contribution in [3.8, 4) is 11.5 Å². The van der Waals surface area contributed by atoms with Gasteiger partial charge >= 0.3 is 0 Å². The lowest BCUT2D eigenvalue weighted by atomic mass is 10.0. The molecule has 3 aromatic rings. The second-order valence-electron chi connectivity index (χ2n) is 5.86. The number of nitrogens with one attached hydrogen (secondary N) is 1. The van der Waals surface area contributed by atoms with E-state index in [1.165, 1.54) is 0 Å². The summed E-state index contributed by atoms with van der Waals surface area (Å²) in [6.07, 6.45) is 1.88. The Morgan fingerprint density at radius 2 is 1.44 bits per heavy atom. The van der Waals surface area contributed by atoms with Gasteiger partial charge in [-0.15, -0.1) is 0 Å². The van der Waals surface area contributed by atoms with E-state index in [9.17, 15) is 4.79 Å². The fraction of sp³-hybridized carbons (Fsp3) is 0.0870.